The van der Waals surface area contributed by atoms with Gasteiger partial charge in [-0.05, 0) is 30.7 Å². The molecule has 0 radical (unpaired) electrons. The van der Waals surface area contributed by atoms with Crippen LogP contribution in [-0.2, 0) is 18.4 Å². The van der Waals surface area contributed by atoms with Gasteiger partial charge in [0, 0.05) is 19.9 Å². The Morgan fingerprint density at radius 1 is 1.29 bits per heavy atom. The van der Waals surface area contributed by atoms with Gasteiger partial charge in [0.25, 0.3) is 0 Å². The fourth-order valence-electron chi connectivity index (χ4n) is 1.20. The molecule has 0 saturated heterocycles. The van der Waals surface area contributed by atoms with Crippen molar-refractivity contribution in [3.8, 4) is 5.75 Å². The highest BCUT2D eigenvalue weighted by Gasteiger charge is 2.24. The van der Waals surface area contributed by atoms with Gasteiger partial charge in [0.05, 0.1) is 0 Å². The number of benzene rings is 1. The third-order valence-corrected chi connectivity index (χ3v) is 3.41. The molecule has 1 N–H and O–H groups in total. The van der Waals surface area contributed by atoms with Crippen LogP contribution < -0.4 is 9.84 Å². The molecule has 0 aromatic heterocycles. The van der Waals surface area contributed by atoms with Crippen LogP contribution in [0.5, 0.6) is 5.75 Å². The standard InChI is InChI=1S/C10H14NO5P/c1-8-6-9(4-5-10(8)11-7-12)16-17(13,14-2)15-3/h4-7H,1-3H3,(H,11,12). The van der Waals surface area contributed by atoms with Gasteiger partial charge in [-0.1, -0.05) is 0 Å². The van der Waals surface area contributed by atoms with Crippen LogP contribution in [0.2, 0.25) is 0 Å². The van der Waals surface area contributed by atoms with Crippen LogP contribution in [0.15, 0.2) is 18.2 Å². The highest BCUT2D eigenvalue weighted by Crippen LogP contribution is 2.47. The van der Waals surface area contributed by atoms with E-state index >= 15 is 0 Å². The number of anilines is 1. The Morgan fingerprint density at radius 2 is 1.94 bits per heavy atom. The van der Waals surface area contributed by atoms with Crippen molar-refractivity contribution in [3.05, 3.63) is 23.8 Å². The lowest BCUT2D eigenvalue weighted by molar-refractivity contribution is -0.105. The van der Waals surface area contributed by atoms with Crippen LogP contribution in [0.25, 0.3) is 0 Å². The largest absolute Gasteiger partial charge is 0.529 e. The summed E-state index contributed by atoms with van der Waals surface area (Å²) >= 11 is 0. The Balaban J connectivity index is 2.90. The summed E-state index contributed by atoms with van der Waals surface area (Å²) < 4.78 is 26.1. The van der Waals surface area contributed by atoms with Gasteiger partial charge in [-0.25, -0.2) is 4.57 Å². The molecular weight excluding hydrogens is 245 g/mol. The van der Waals surface area contributed by atoms with Gasteiger partial charge in [-0.15, -0.1) is 0 Å². The number of nitrogens with one attached hydrogen (secondary N) is 1. The smallest absolute Gasteiger partial charge is 0.404 e. The molecule has 1 aromatic rings. The van der Waals surface area contributed by atoms with Gasteiger partial charge in [0.1, 0.15) is 5.75 Å². The maximum absolute atomic E-state index is 11.7. The van der Waals surface area contributed by atoms with Crippen molar-refractivity contribution in [1.29, 1.82) is 0 Å². The van der Waals surface area contributed by atoms with Crippen LogP contribution in [-0.4, -0.2) is 20.6 Å². The summed E-state index contributed by atoms with van der Waals surface area (Å²) in [5, 5.41) is 2.53. The Labute approximate surface area is 99.5 Å². The average molecular weight is 259 g/mol. The van der Waals surface area contributed by atoms with Crippen molar-refractivity contribution in [2.75, 3.05) is 19.5 Å². The minimum atomic E-state index is -3.54. The van der Waals surface area contributed by atoms with E-state index < -0.39 is 7.82 Å². The molecular formula is C10H14NO5P. The molecule has 94 valence electrons. The first-order chi connectivity index (χ1) is 8.04. The predicted molar refractivity (Wildman–Crippen MR) is 63.1 cm³/mol. The van der Waals surface area contributed by atoms with E-state index in [1.807, 2.05) is 0 Å². The fraction of sp³-hybridized carbons (Fsp3) is 0.300. The van der Waals surface area contributed by atoms with Crippen molar-refractivity contribution in [2.24, 2.45) is 0 Å². The molecule has 1 rings (SSSR count). The molecule has 0 aliphatic carbocycles. The molecule has 17 heavy (non-hydrogen) atoms. The number of carbonyl (C=O) groups is 1. The van der Waals surface area contributed by atoms with E-state index in [2.05, 4.69) is 14.4 Å². The van der Waals surface area contributed by atoms with E-state index in [0.717, 1.165) is 5.56 Å². The molecule has 0 fully saturated rings. The number of phosphoric acid groups is 1. The van der Waals surface area contributed by atoms with E-state index in [-0.39, 0.29) is 0 Å². The summed E-state index contributed by atoms with van der Waals surface area (Å²) in [5.74, 6) is 0.339. The third-order valence-electron chi connectivity index (χ3n) is 2.08. The first-order valence-electron chi connectivity index (χ1n) is 4.76. The number of phosphoric ester groups is 1. The first kappa shape index (κ1) is 13.7. The minimum absolute atomic E-state index is 0.339. The van der Waals surface area contributed by atoms with Crippen LogP contribution in [0.1, 0.15) is 5.56 Å². The molecule has 7 heteroatoms. The molecule has 1 amide bonds. The van der Waals surface area contributed by atoms with Crippen LogP contribution in [0.4, 0.5) is 5.69 Å². The van der Waals surface area contributed by atoms with Crippen LogP contribution in [0, 0.1) is 6.92 Å². The zero-order valence-electron chi connectivity index (χ0n) is 9.80. The first-order valence-corrected chi connectivity index (χ1v) is 6.22. The Bertz CT molecular complexity index is 440. The van der Waals surface area contributed by atoms with Gasteiger partial charge in [0.15, 0.2) is 0 Å². The van der Waals surface area contributed by atoms with Gasteiger partial charge in [-0.3, -0.25) is 13.8 Å². The zero-order chi connectivity index (χ0) is 12.9. The molecule has 0 aliphatic rings. The molecule has 0 unspecified atom stereocenters. The van der Waals surface area contributed by atoms with Gasteiger partial charge in [-0.2, -0.15) is 0 Å². The summed E-state index contributed by atoms with van der Waals surface area (Å²) in [7, 11) is -1.07. The van der Waals surface area contributed by atoms with Crippen LogP contribution in [0.3, 0.4) is 0 Å². The molecule has 0 spiro atoms. The average Bonchev–Trinajstić information content (AvgIpc) is 2.33. The maximum Gasteiger partial charge on any atom is 0.529 e. The van der Waals surface area contributed by atoms with E-state index in [1.165, 1.54) is 14.2 Å². The molecule has 0 saturated carbocycles. The summed E-state index contributed by atoms with van der Waals surface area (Å²) in [5.41, 5.74) is 1.42. The molecule has 0 aliphatic heterocycles. The lowest BCUT2D eigenvalue weighted by Gasteiger charge is -2.15. The van der Waals surface area contributed by atoms with E-state index in [4.69, 9.17) is 4.52 Å². The van der Waals surface area contributed by atoms with E-state index in [1.54, 1.807) is 25.1 Å². The second kappa shape index (κ2) is 5.82. The predicted octanol–water partition coefficient (Wildman–Crippen LogP) is 2.34. The summed E-state index contributed by atoms with van der Waals surface area (Å²) in [6, 6.07) is 4.81. The van der Waals surface area contributed by atoms with Crippen molar-refractivity contribution < 1.29 is 22.9 Å². The van der Waals surface area contributed by atoms with E-state index in [0.29, 0.717) is 17.8 Å². The molecule has 0 heterocycles. The van der Waals surface area contributed by atoms with E-state index in [9.17, 15) is 9.36 Å². The van der Waals surface area contributed by atoms with Gasteiger partial charge in [0.2, 0.25) is 6.41 Å². The maximum atomic E-state index is 11.7. The highest BCUT2D eigenvalue weighted by molar-refractivity contribution is 7.48. The number of aryl methyl sites for hydroxylation is 1. The minimum Gasteiger partial charge on any atom is -0.404 e. The number of hydrogen-bond acceptors (Lipinski definition) is 5. The van der Waals surface area contributed by atoms with Gasteiger partial charge >= 0.3 is 7.82 Å². The second-order valence-electron chi connectivity index (χ2n) is 3.14. The molecule has 0 bridgehead atoms. The Hall–Kier alpha value is -1.36. The number of carbonyl (C=O) groups excluding carboxylic acids is 1. The zero-order valence-corrected chi connectivity index (χ0v) is 10.7. The summed E-state index contributed by atoms with van der Waals surface area (Å²) in [6.07, 6.45) is 0.581. The lowest BCUT2D eigenvalue weighted by Crippen LogP contribution is -1.99. The summed E-state index contributed by atoms with van der Waals surface area (Å²) in [6.45, 7) is 1.78. The van der Waals surface area contributed by atoms with Crippen LogP contribution >= 0.6 is 7.82 Å². The second-order valence-corrected chi connectivity index (χ2v) is 4.95. The van der Waals surface area contributed by atoms with Crippen molar-refractivity contribution in [1.82, 2.24) is 0 Å². The van der Waals surface area contributed by atoms with Crippen molar-refractivity contribution in [2.45, 2.75) is 6.92 Å². The molecule has 0 atom stereocenters. The van der Waals surface area contributed by atoms with Crippen molar-refractivity contribution >= 4 is 19.9 Å². The topological polar surface area (TPSA) is 73.9 Å². The lowest BCUT2D eigenvalue weighted by atomic mass is 10.2. The Kier molecular flexibility index (Phi) is 4.69. The SMILES string of the molecule is COP(=O)(OC)Oc1ccc(NC=O)c(C)c1. The quantitative estimate of drug-likeness (QED) is 0.627. The third kappa shape index (κ3) is 3.56. The normalized spacial score (nSPS) is 11.0. The molecule has 6 nitrogen and oxygen atoms in total. The number of amides is 1. The summed E-state index contributed by atoms with van der Waals surface area (Å²) in [4.78, 5) is 10.3. The van der Waals surface area contributed by atoms with Crippen molar-refractivity contribution in [3.63, 3.8) is 0 Å². The Morgan fingerprint density at radius 3 is 2.41 bits per heavy atom. The monoisotopic (exact) mass is 259 g/mol. The number of hydrogen-bond donors (Lipinski definition) is 1. The fourth-order valence-corrected chi connectivity index (χ4v) is 1.87. The van der Waals surface area contributed by atoms with Gasteiger partial charge < -0.3 is 9.84 Å². The number of rotatable bonds is 6. The highest BCUT2D eigenvalue weighted by atomic mass is 31.2. The molecule has 1 aromatic carbocycles.